The van der Waals surface area contributed by atoms with Crippen LogP contribution in [0.25, 0.3) is 0 Å². The second-order valence-electron chi connectivity index (χ2n) is 5.85. The summed E-state index contributed by atoms with van der Waals surface area (Å²) in [5.74, 6) is 2.48. The van der Waals surface area contributed by atoms with Gasteiger partial charge in [-0.3, -0.25) is 0 Å². The Morgan fingerprint density at radius 3 is 2.88 bits per heavy atom. The van der Waals surface area contributed by atoms with Gasteiger partial charge in [0, 0.05) is 13.1 Å². The van der Waals surface area contributed by atoms with E-state index in [1.54, 1.807) is 6.33 Å². The quantitative estimate of drug-likeness (QED) is 0.567. The van der Waals surface area contributed by atoms with E-state index in [-0.39, 0.29) is 6.10 Å². The number of nitrogens with one attached hydrogen (secondary N) is 2. The monoisotopic (exact) mass is 344 g/mol. The van der Waals surface area contributed by atoms with E-state index in [0.717, 1.165) is 30.6 Å². The third-order valence-corrected chi connectivity index (χ3v) is 3.64. The molecule has 0 aliphatic rings. The first-order valence-corrected chi connectivity index (χ1v) is 8.74. The molecule has 0 radical (unpaired) electrons. The van der Waals surface area contributed by atoms with Crippen molar-refractivity contribution in [1.82, 2.24) is 25.4 Å². The summed E-state index contributed by atoms with van der Waals surface area (Å²) in [5.41, 5.74) is 1.19. The standard InChI is InChI=1S/C18H28N6O/c1-5-19-18(21-12-17-23-22-13-24(17)6-2)20-11-15(4)25-16-9-7-8-14(3)10-16/h7-10,13,15H,5-6,11-12H2,1-4H3,(H2,19,20,21). The molecule has 1 atom stereocenters. The summed E-state index contributed by atoms with van der Waals surface area (Å²) < 4.78 is 7.92. The molecule has 25 heavy (non-hydrogen) atoms. The van der Waals surface area contributed by atoms with Crippen LogP contribution in [0, 0.1) is 6.92 Å². The Hall–Kier alpha value is -2.57. The molecule has 2 rings (SSSR count). The van der Waals surface area contributed by atoms with Gasteiger partial charge in [0.2, 0.25) is 0 Å². The smallest absolute Gasteiger partial charge is 0.191 e. The van der Waals surface area contributed by atoms with Gasteiger partial charge in [-0.2, -0.15) is 0 Å². The minimum atomic E-state index is 0.0185. The largest absolute Gasteiger partial charge is 0.489 e. The number of aryl methyl sites for hydroxylation is 2. The molecule has 7 heteroatoms. The lowest BCUT2D eigenvalue weighted by Crippen LogP contribution is -2.41. The first kappa shape index (κ1) is 18.8. The van der Waals surface area contributed by atoms with Crippen LogP contribution in [0.5, 0.6) is 5.75 Å². The highest BCUT2D eigenvalue weighted by Gasteiger charge is 2.07. The zero-order chi connectivity index (χ0) is 18.1. The predicted molar refractivity (Wildman–Crippen MR) is 99.8 cm³/mol. The Kier molecular flexibility index (Phi) is 7.25. The lowest BCUT2D eigenvalue weighted by Gasteiger charge is -2.18. The molecule has 0 aliphatic heterocycles. The zero-order valence-electron chi connectivity index (χ0n) is 15.5. The van der Waals surface area contributed by atoms with E-state index < -0.39 is 0 Å². The number of benzene rings is 1. The van der Waals surface area contributed by atoms with Crippen LogP contribution in [0.2, 0.25) is 0 Å². The number of hydrogen-bond acceptors (Lipinski definition) is 4. The molecule has 0 saturated heterocycles. The minimum Gasteiger partial charge on any atom is -0.489 e. The van der Waals surface area contributed by atoms with E-state index in [1.807, 2.05) is 36.6 Å². The molecular weight excluding hydrogens is 316 g/mol. The number of nitrogens with zero attached hydrogens (tertiary/aromatic N) is 4. The van der Waals surface area contributed by atoms with Crippen molar-refractivity contribution in [2.75, 3.05) is 13.1 Å². The van der Waals surface area contributed by atoms with Gasteiger partial charge >= 0.3 is 0 Å². The van der Waals surface area contributed by atoms with Crippen molar-refractivity contribution < 1.29 is 4.74 Å². The van der Waals surface area contributed by atoms with Crippen LogP contribution < -0.4 is 15.4 Å². The van der Waals surface area contributed by atoms with E-state index in [4.69, 9.17) is 4.74 Å². The minimum absolute atomic E-state index is 0.0185. The van der Waals surface area contributed by atoms with Crippen LogP contribution >= 0.6 is 0 Å². The number of hydrogen-bond donors (Lipinski definition) is 2. The Balaban J connectivity index is 1.88. The molecule has 0 saturated carbocycles. The van der Waals surface area contributed by atoms with Crippen LogP contribution in [0.4, 0.5) is 0 Å². The molecule has 2 aromatic rings. The lowest BCUT2D eigenvalue weighted by molar-refractivity contribution is 0.223. The van der Waals surface area contributed by atoms with Crippen molar-refractivity contribution >= 4 is 5.96 Å². The third-order valence-electron chi connectivity index (χ3n) is 3.64. The highest BCUT2D eigenvalue weighted by Crippen LogP contribution is 2.13. The average Bonchev–Trinajstić information content (AvgIpc) is 3.05. The molecule has 2 N–H and O–H groups in total. The first-order chi connectivity index (χ1) is 12.1. The number of rotatable bonds is 8. The maximum atomic E-state index is 5.94. The predicted octanol–water partition coefficient (Wildman–Crippen LogP) is 2.13. The molecule has 0 fully saturated rings. The van der Waals surface area contributed by atoms with Gasteiger partial charge in [0.15, 0.2) is 11.8 Å². The topological polar surface area (TPSA) is 76.4 Å². The van der Waals surface area contributed by atoms with Gasteiger partial charge in [-0.25, -0.2) is 4.99 Å². The van der Waals surface area contributed by atoms with Crippen molar-refractivity contribution in [1.29, 1.82) is 0 Å². The summed E-state index contributed by atoms with van der Waals surface area (Å²) in [5, 5.41) is 14.6. The van der Waals surface area contributed by atoms with Gasteiger partial charge in [0.1, 0.15) is 24.7 Å². The Labute approximate surface area is 149 Å². The first-order valence-electron chi connectivity index (χ1n) is 8.74. The number of aliphatic imine (C=N–C) groups is 1. The normalized spacial score (nSPS) is 12.7. The van der Waals surface area contributed by atoms with Crippen molar-refractivity contribution in [3.8, 4) is 5.75 Å². The van der Waals surface area contributed by atoms with Gasteiger partial charge in [-0.1, -0.05) is 12.1 Å². The second-order valence-corrected chi connectivity index (χ2v) is 5.85. The third kappa shape index (κ3) is 6.10. The average molecular weight is 344 g/mol. The van der Waals surface area contributed by atoms with Gasteiger partial charge < -0.3 is 19.9 Å². The fraction of sp³-hybridized carbons (Fsp3) is 0.500. The van der Waals surface area contributed by atoms with Gasteiger partial charge in [0.25, 0.3) is 0 Å². The van der Waals surface area contributed by atoms with Crippen molar-refractivity contribution in [3.63, 3.8) is 0 Å². The van der Waals surface area contributed by atoms with E-state index >= 15 is 0 Å². The summed E-state index contributed by atoms with van der Waals surface area (Å²) in [4.78, 5) is 4.57. The highest BCUT2D eigenvalue weighted by atomic mass is 16.5. The molecule has 1 aromatic carbocycles. The molecule has 0 bridgehead atoms. The Morgan fingerprint density at radius 1 is 1.32 bits per heavy atom. The van der Waals surface area contributed by atoms with Crippen molar-refractivity contribution in [2.45, 2.75) is 46.9 Å². The Morgan fingerprint density at radius 2 is 2.16 bits per heavy atom. The molecule has 0 aliphatic carbocycles. The summed E-state index contributed by atoms with van der Waals surface area (Å²) in [6.45, 7) is 11.0. The molecule has 7 nitrogen and oxygen atoms in total. The molecular formula is C18H28N6O. The van der Waals surface area contributed by atoms with E-state index in [2.05, 4.69) is 45.7 Å². The SMILES string of the molecule is CCNC(=NCc1nncn1CC)NCC(C)Oc1cccc(C)c1. The van der Waals surface area contributed by atoms with E-state index in [0.29, 0.717) is 13.1 Å². The fourth-order valence-electron chi connectivity index (χ4n) is 2.36. The number of aromatic nitrogens is 3. The maximum Gasteiger partial charge on any atom is 0.191 e. The van der Waals surface area contributed by atoms with Crippen LogP contribution in [0.15, 0.2) is 35.6 Å². The summed E-state index contributed by atoms with van der Waals surface area (Å²) >= 11 is 0. The summed E-state index contributed by atoms with van der Waals surface area (Å²) in [7, 11) is 0. The van der Waals surface area contributed by atoms with Crippen LogP contribution in [0.3, 0.4) is 0 Å². The van der Waals surface area contributed by atoms with Crippen LogP contribution in [0.1, 0.15) is 32.2 Å². The van der Waals surface area contributed by atoms with Gasteiger partial charge in [-0.15, -0.1) is 10.2 Å². The molecule has 1 aromatic heterocycles. The molecule has 1 unspecified atom stereocenters. The zero-order valence-corrected chi connectivity index (χ0v) is 15.5. The number of ether oxygens (including phenoxy) is 1. The molecule has 0 spiro atoms. The van der Waals surface area contributed by atoms with Gasteiger partial charge in [0.05, 0.1) is 6.54 Å². The van der Waals surface area contributed by atoms with E-state index in [9.17, 15) is 0 Å². The van der Waals surface area contributed by atoms with Crippen molar-refractivity contribution in [2.24, 2.45) is 4.99 Å². The van der Waals surface area contributed by atoms with Crippen LogP contribution in [-0.4, -0.2) is 39.9 Å². The van der Waals surface area contributed by atoms with Crippen molar-refractivity contribution in [3.05, 3.63) is 42.0 Å². The van der Waals surface area contributed by atoms with Crippen LogP contribution in [-0.2, 0) is 13.1 Å². The van der Waals surface area contributed by atoms with E-state index in [1.165, 1.54) is 5.56 Å². The van der Waals surface area contributed by atoms with Gasteiger partial charge in [-0.05, 0) is 45.4 Å². The molecule has 1 heterocycles. The Bertz CT molecular complexity index is 682. The second kappa shape index (κ2) is 9.66. The summed E-state index contributed by atoms with van der Waals surface area (Å²) in [6, 6.07) is 8.06. The summed E-state index contributed by atoms with van der Waals surface area (Å²) in [6.07, 6.45) is 1.74. The fourth-order valence-corrected chi connectivity index (χ4v) is 2.36. The maximum absolute atomic E-state index is 5.94. The molecule has 0 amide bonds. The number of guanidine groups is 1. The lowest BCUT2D eigenvalue weighted by atomic mass is 10.2. The highest BCUT2D eigenvalue weighted by molar-refractivity contribution is 5.79. The molecule has 136 valence electrons.